The maximum atomic E-state index is 12.6. The molecule has 0 aromatic heterocycles. The number of halogens is 1. The monoisotopic (exact) mass is 1300 g/mol. The van der Waals surface area contributed by atoms with Gasteiger partial charge in [0.1, 0.15) is 18.8 Å². The Hall–Kier alpha value is -4.61. The van der Waals surface area contributed by atoms with Gasteiger partial charge in [0.15, 0.2) is 0 Å². The van der Waals surface area contributed by atoms with E-state index in [9.17, 15) is 59.1 Å². The van der Waals surface area contributed by atoms with E-state index in [0.717, 1.165) is 25.0 Å². The molecule has 0 radical (unpaired) electrons. The van der Waals surface area contributed by atoms with Gasteiger partial charge < -0.3 is 110 Å². The van der Waals surface area contributed by atoms with Crippen LogP contribution in [0.25, 0.3) is 0 Å². The zero-order valence-corrected chi connectivity index (χ0v) is 51.7. The van der Waals surface area contributed by atoms with E-state index in [1.807, 2.05) is 11.8 Å². The predicted octanol–water partition coefficient (Wildman–Crippen LogP) is -1.31. The van der Waals surface area contributed by atoms with Gasteiger partial charge in [0.25, 0.3) is 5.79 Å². The number of carbonyl (C=O) groups is 7. The van der Waals surface area contributed by atoms with Gasteiger partial charge in [-0.2, -0.15) is 11.8 Å². The molecule has 4 rings (SSSR count). The average molecular weight is 1300 g/mol. The number of carboxylic acid groups (broad SMARTS) is 1. The van der Waals surface area contributed by atoms with Crippen molar-refractivity contribution in [2.45, 2.75) is 131 Å². The lowest BCUT2D eigenvalue weighted by molar-refractivity contribution is -0.310. The van der Waals surface area contributed by atoms with Gasteiger partial charge >= 0.3 is 12.0 Å². The fraction of sp³-hybridized carbons (Fsp3) is 0.772. The fourth-order valence-corrected chi connectivity index (χ4v) is 11.0. The lowest BCUT2D eigenvalue weighted by atomic mass is 9.88. The highest BCUT2D eigenvalue weighted by Crippen LogP contribution is 2.35. The summed E-state index contributed by atoms with van der Waals surface area (Å²) >= 11 is 7.77. The highest BCUT2D eigenvalue weighted by Gasteiger charge is 2.56. The Morgan fingerprint density at radius 1 is 0.625 bits per heavy atom. The highest BCUT2D eigenvalue weighted by molar-refractivity contribution is 8.00. The first-order valence-electron chi connectivity index (χ1n) is 30.2. The molecule has 88 heavy (non-hydrogen) atoms. The summed E-state index contributed by atoms with van der Waals surface area (Å²) < 4.78 is 55.4. The number of amides is 7. The number of thioether (sulfide) groups is 1. The third kappa shape index (κ3) is 31.9. The molecule has 7 amide bonds. The Bertz CT molecular complexity index is 2170. The van der Waals surface area contributed by atoms with E-state index in [-0.39, 0.29) is 74.9 Å². The van der Waals surface area contributed by atoms with Crippen molar-refractivity contribution in [2.24, 2.45) is 0 Å². The molecule has 3 heterocycles. The number of benzene rings is 1. The first-order valence-corrected chi connectivity index (χ1v) is 31.6. The number of rotatable bonds is 52. The van der Waals surface area contributed by atoms with Crippen LogP contribution in [0.2, 0.25) is 5.02 Å². The number of hydrogen-bond acceptors (Lipinski definition) is 22. The fourth-order valence-electron chi connectivity index (χ4n) is 9.35. The van der Waals surface area contributed by atoms with Crippen LogP contribution < -0.4 is 37.2 Å². The van der Waals surface area contributed by atoms with E-state index in [1.54, 1.807) is 24.3 Å². The van der Waals surface area contributed by atoms with Gasteiger partial charge in [-0.15, -0.1) is 0 Å². The third-order valence-corrected chi connectivity index (χ3v) is 15.8. The second kappa shape index (κ2) is 45.6. The Morgan fingerprint density at radius 3 is 1.66 bits per heavy atom. The Kier molecular flexibility index (Phi) is 39.3. The van der Waals surface area contributed by atoms with Crippen molar-refractivity contribution in [1.82, 2.24) is 37.2 Å². The van der Waals surface area contributed by atoms with Crippen molar-refractivity contribution in [1.29, 1.82) is 0 Å². The van der Waals surface area contributed by atoms with Crippen LogP contribution in [0.3, 0.4) is 0 Å². The number of nitrogens with one attached hydrogen (secondary N) is 7. The molecule has 31 heteroatoms. The summed E-state index contributed by atoms with van der Waals surface area (Å²) in [6.07, 6.45) is -2.20. The molecule has 12 N–H and O–H groups in total. The molecule has 3 aliphatic heterocycles. The quantitative estimate of drug-likeness (QED) is 0.0266. The topological polar surface area (TPSA) is 397 Å². The van der Waals surface area contributed by atoms with Gasteiger partial charge in [0.2, 0.25) is 29.5 Å². The molecular formula is C57H94ClN7O22S. The van der Waals surface area contributed by atoms with Gasteiger partial charge in [0, 0.05) is 67.9 Å². The lowest BCUT2D eigenvalue weighted by Gasteiger charge is -2.46. The van der Waals surface area contributed by atoms with Crippen LogP contribution >= 0.6 is 23.4 Å². The Labute approximate surface area is 523 Å². The van der Waals surface area contributed by atoms with Crippen LogP contribution in [-0.4, -0.2) is 272 Å². The molecule has 3 fully saturated rings. The molecule has 1 aromatic rings. The van der Waals surface area contributed by atoms with Crippen LogP contribution in [0, 0.1) is 0 Å². The summed E-state index contributed by atoms with van der Waals surface area (Å²) in [4.78, 5) is 85.2. The second-order valence-electron chi connectivity index (χ2n) is 20.9. The van der Waals surface area contributed by atoms with Crippen LogP contribution in [0.1, 0.15) is 76.2 Å². The highest BCUT2D eigenvalue weighted by atomic mass is 35.5. The summed E-state index contributed by atoms with van der Waals surface area (Å²) in [6, 6.07) is 5.34. The van der Waals surface area contributed by atoms with Crippen LogP contribution in [0.15, 0.2) is 24.3 Å². The summed E-state index contributed by atoms with van der Waals surface area (Å²) in [7, 11) is 0. The number of hydrogen-bond donors (Lipinski definition) is 12. The van der Waals surface area contributed by atoms with E-state index in [2.05, 4.69) is 37.2 Å². The minimum absolute atomic E-state index is 0.0112. The molecule has 29 nitrogen and oxygen atoms in total. The van der Waals surface area contributed by atoms with Crippen LogP contribution in [0.4, 0.5) is 4.79 Å². The minimum Gasteiger partial charge on any atom is -0.477 e. The van der Waals surface area contributed by atoms with Crippen molar-refractivity contribution in [2.75, 3.05) is 151 Å². The van der Waals surface area contributed by atoms with Crippen LogP contribution in [0.5, 0.6) is 0 Å². The van der Waals surface area contributed by atoms with Gasteiger partial charge in [-0.05, 0) is 43.4 Å². The number of unbranched alkanes of at least 4 members (excludes halogenated alkanes) is 4. The molecule has 0 bridgehead atoms. The maximum absolute atomic E-state index is 12.6. The van der Waals surface area contributed by atoms with Crippen molar-refractivity contribution in [3.8, 4) is 0 Å². The average Bonchev–Trinajstić information content (AvgIpc) is 1.15. The normalized spacial score (nSPS) is 21.2. The summed E-state index contributed by atoms with van der Waals surface area (Å²) in [5.74, 6) is -4.97. The van der Waals surface area contributed by atoms with Gasteiger partial charge in [-0.25, -0.2) is 9.59 Å². The van der Waals surface area contributed by atoms with Crippen molar-refractivity contribution >= 4 is 64.9 Å². The number of fused-ring (bicyclic) bond motifs is 1. The standard InChI is InChI=1S/C57H94ClN7O22S/c58-41-12-10-40(11-13-41)35-49(72)62-37-44(68)53(74)54-52(64-50(73)38-66)43(67)36-57(87-54,55(75)76)86-18-6-2-1-3-8-46(69)59-15-20-79-24-29-84-33-34-85-30-26-81-22-17-61-48(71)14-19-78-23-27-82-31-32-83-28-25-80-21-16-60-47(70)9-5-4-7-45-51-42(39-88-45)63-56(77)65-51/h10-13,42-45,51-54,66-68,74H,1-9,14-39H2,(H,59,69)(H,60,70)(H,61,71)(H,62,72)(H,64,73)(H,75,76)(H2,63,65,77)/t42-,43+,44-,45-,51-,52-,53-,54-,57-/m1/s1. The molecule has 0 aliphatic carbocycles. The molecule has 502 valence electrons. The number of carboxylic acids is 1. The molecule has 0 saturated carbocycles. The molecule has 3 aliphatic rings. The minimum atomic E-state index is -2.49. The smallest absolute Gasteiger partial charge is 0.364 e. The number of urea groups is 1. The Balaban J connectivity index is 0.856. The van der Waals surface area contributed by atoms with E-state index in [0.29, 0.717) is 160 Å². The maximum Gasteiger partial charge on any atom is 0.364 e. The first-order chi connectivity index (χ1) is 42.6. The van der Waals surface area contributed by atoms with E-state index in [4.69, 9.17) is 59.0 Å². The number of aliphatic hydroxyl groups is 4. The van der Waals surface area contributed by atoms with Crippen molar-refractivity contribution < 1.29 is 106 Å². The molecule has 3 saturated heterocycles. The largest absolute Gasteiger partial charge is 0.477 e. The lowest BCUT2D eigenvalue weighted by Crippen LogP contribution is -2.68. The van der Waals surface area contributed by atoms with Gasteiger partial charge in [-0.1, -0.05) is 43.0 Å². The van der Waals surface area contributed by atoms with Crippen LogP contribution in [-0.2, 0) is 82.6 Å². The third-order valence-electron chi connectivity index (χ3n) is 14.0. The summed E-state index contributed by atoms with van der Waals surface area (Å²) in [5.41, 5.74) is 0.626. The number of carbonyl (C=O) groups excluding carboxylic acids is 6. The molecule has 0 unspecified atom stereocenters. The van der Waals surface area contributed by atoms with Crippen molar-refractivity contribution in [3.63, 3.8) is 0 Å². The second-order valence-corrected chi connectivity index (χ2v) is 22.6. The van der Waals surface area contributed by atoms with E-state index < -0.39 is 73.6 Å². The molecule has 9 atom stereocenters. The summed E-state index contributed by atoms with van der Waals surface area (Å²) in [6.45, 7) is 5.19. The SMILES string of the molecule is O=C(CCCCCCO[C@]1(C(=O)O)C[C@H](O)[C@@H](NC(=O)CO)[C@H]([C@H](O)[C@H](O)CNC(=O)Cc2ccc(Cl)cc2)O1)NCCOCCOCCOCCOCCNC(=O)CCOCCOCCOCCOCCNC(=O)CCCC[C@H]1SC[C@H]2NC(=O)N[C@H]21. The Morgan fingerprint density at radius 2 is 1.12 bits per heavy atom. The van der Waals surface area contributed by atoms with E-state index in [1.165, 1.54) is 0 Å². The summed E-state index contributed by atoms with van der Waals surface area (Å²) in [5, 5.41) is 72.5. The molecule has 0 spiro atoms. The zero-order chi connectivity index (χ0) is 63.6. The number of aliphatic carboxylic acids is 1. The number of ether oxygens (including phenoxy) is 10. The first kappa shape index (κ1) is 75.8. The van der Waals surface area contributed by atoms with Crippen molar-refractivity contribution in [3.05, 3.63) is 34.9 Å². The van der Waals surface area contributed by atoms with Gasteiger partial charge in [-0.3, -0.25) is 24.0 Å². The zero-order valence-electron chi connectivity index (χ0n) is 50.1. The molecular weight excluding hydrogens is 1200 g/mol. The molecule has 1 aromatic carbocycles. The van der Waals surface area contributed by atoms with E-state index >= 15 is 0 Å². The van der Waals surface area contributed by atoms with Gasteiger partial charge in [0.05, 0.1) is 149 Å². The number of aliphatic hydroxyl groups excluding tert-OH is 4. The predicted molar refractivity (Wildman–Crippen MR) is 318 cm³/mol.